The maximum Gasteiger partial charge on any atom is -0.0348 e. The van der Waals surface area contributed by atoms with Crippen LogP contribution in [0.15, 0.2) is 97.2 Å². The Balaban J connectivity index is 2.37. The Morgan fingerprint density at radius 3 is 0.741 bits per heavy atom. The third-order valence-corrected chi connectivity index (χ3v) is 4.46. The van der Waals surface area contributed by atoms with Crippen molar-refractivity contribution in [3.8, 4) is 0 Å². The van der Waals surface area contributed by atoms with Gasteiger partial charge >= 0.3 is 0 Å². The van der Waals surface area contributed by atoms with E-state index in [0.717, 1.165) is 0 Å². The van der Waals surface area contributed by atoms with E-state index in [1.165, 1.54) is 70.6 Å². The molecule has 0 aromatic heterocycles. The van der Waals surface area contributed by atoms with Crippen molar-refractivity contribution in [1.82, 2.24) is 0 Å². The molecule has 0 nitrogen and oxygen atoms in total. The zero-order valence-electron chi connectivity index (χ0n) is 17.0. The lowest BCUT2D eigenvalue weighted by Gasteiger charge is -2.01. The van der Waals surface area contributed by atoms with E-state index in [1.807, 2.05) is 24.3 Å². The quantitative estimate of drug-likeness (QED) is 0.404. The van der Waals surface area contributed by atoms with E-state index in [4.69, 9.17) is 0 Å². The normalized spacial score (nSPS) is 27.6. The smallest absolute Gasteiger partial charge is 0.0348 e. The molecule has 0 aliphatic heterocycles. The molecule has 0 spiro atoms. The van der Waals surface area contributed by atoms with Gasteiger partial charge in [-0.05, 0) is 25.7 Å². The molecule has 0 atom stereocenters. The van der Waals surface area contributed by atoms with Gasteiger partial charge in [-0.3, -0.25) is 0 Å². The summed E-state index contributed by atoms with van der Waals surface area (Å²) in [5.41, 5.74) is 0. The molecule has 0 aromatic carbocycles. The maximum absolute atomic E-state index is 2.28. The van der Waals surface area contributed by atoms with Crippen LogP contribution in [0.25, 0.3) is 0 Å². The van der Waals surface area contributed by atoms with E-state index in [-0.39, 0.29) is 0 Å². The lowest BCUT2D eigenvalue weighted by Crippen LogP contribution is -1.81. The molecule has 0 fully saturated rings. The molecule has 0 radical (unpaired) electrons. The van der Waals surface area contributed by atoms with E-state index in [2.05, 4.69) is 72.9 Å². The molecule has 27 heavy (non-hydrogen) atoms. The van der Waals surface area contributed by atoms with Crippen LogP contribution in [0.3, 0.4) is 0 Å². The topological polar surface area (TPSA) is 0 Å². The van der Waals surface area contributed by atoms with Crippen molar-refractivity contribution < 1.29 is 0 Å². The second-order valence-corrected chi connectivity index (χ2v) is 6.93. The summed E-state index contributed by atoms with van der Waals surface area (Å²) in [5, 5.41) is 0. The average Bonchev–Trinajstić information content (AvgIpc) is 2.68. The highest BCUT2D eigenvalue weighted by Gasteiger charge is 1.92. The van der Waals surface area contributed by atoms with Crippen LogP contribution in [0.5, 0.6) is 0 Å². The molecule has 146 valence electrons. The van der Waals surface area contributed by atoms with Crippen LogP contribution >= 0.6 is 0 Å². The zero-order valence-corrected chi connectivity index (χ0v) is 17.0. The highest BCUT2D eigenvalue weighted by molar-refractivity contribution is 5.21. The van der Waals surface area contributed by atoms with Gasteiger partial charge in [0.05, 0.1) is 0 Å². The van der Waals surface area contributed by atoms with Crippen LogP contribution in [-0.2, 0) is 0 Å². The summed E-state index contributed by atoms with van der Waals surface area (Å²) in [6.45, 7) is 0. The van der Waals surface area contributed by atoms with Gasteiger partial charge in [0.25, 0.3) is 0 Å². The van der Waals surface area contributed by atoms with E-state index in [0.29, 0.717) is 0 Å². The average molecular weight is 363 g/mol. The lowest BCUT2D eigenvalue weighted by atomic mass is 10.1. The molecule has 0 aromatic rings. The molecule has 0 unspecified atom stereocenters. The summed E-state index contributed by atoms with van der Waals surface area (Å²) >= 11 is 0. The van der Waals surface area contributed by atoms with Gasteiger partial charge in [0.1, 0.15) is 0 Å². The Bertz CT molecular complexity index is 497. The molecule has 1 aliphatic rings. The first kappa shape index (κ1) is 23.0. The first-order valence-electron chi connectivity index (χ1n) is 10.8. The third-order valence-electron chi connectivity index (χ3n) is 4.46. The Morgan fingerprint density at radius 2 is 0.444 bits per heavy atom. The van der Waals surface area contributed by atoms with Crippen molar-refractivity contribution in [3.63, 3.8) is 0 Å². The van der Waals surface area contributed by atoms with E-state index < -0.39 is 0 Å². The molecule has 1 rings (SSSR count). The highest BCUT2D eigenvalue weighted by Crippen LogP contribution is 2.11. The molecule has 1 aliphatic carbocycles. The third kappa shape index (κ3) is 18.5. The van der Waals surface area contributed by atoms with Crippen molar-refractivity contribution in [2.45, 2.75) is 70.6 Å². The second-order valence-electron chi connectivity index (χ2n) is 6.93. The SMILES string of the molecule is C1=CCCCCCCCCCCC\C=C/C=C\C=C/C=C\C=C/C=C\C=C/1. The molecule has 0 heteroatoms. The Morgan fingerprint density at radius 1 is 0.222 bits per heavy atom. The van der Waals surface area contributed by atoms with Crippen LogP contribution in [0.1, 0.15) is 70.6 Å². The van der Waals surface area contributed by atoms with Gasteiger partial charge in [0.15, 0.2) is 0 Å². The molecular formula is C27H38. The van der Waals surface area contributed by atoms with Gasteiger partial charge in [-0.2, -0.15) is 0 Å². The molecule has 0 saturated carbocycles. The number of hydrogen-bond donors (Lipinski definition) is 0. The first-order valence-corrected chi connectivity index (χ1v) is 10.8. The number of rotatable bonds is 0. The van der Waals surface area contributed by atoms with Gasteiger partial charge in [-0.25, -0.2) is 0 Å². The minimum atomic E-state index is 1.20. The van der Waals surface area contributed by atoms with E-state index in [9.17, 15) is 0 Å². The minimum Gasteiger partial charge on any atom is -0.0845 e. The van der Waals surface area contributed by atoms with Crippen molar-refractivity contribution in [2.24, 2.45) is 0 Å². The van der Waals surface area contributed by atoms with Crippen LogP contribution in [0.2, 0.25) is 0 Å². The number of hydrogen-bond acceptors (Lipinski definition) is 0. The molecule has 0 heterocycles. The summed E-state index contributed by atoms with van der Waals surface area (Å²) in [7, 11) is 0. The van der Waals surface area contributed by atoms with Crippen molar-refractivity contribution in [1.29, 1.82) is 0 Å². The van der Waals surface area contributed by atoms with Crippen LogP contribution in [-0.4, -0.2) is 0 Å². The Hall–Kier alpha value is -2.08. The summed E-state index contributed by atoms with van der Waals surface area (Å²) in [5.74, 6) is 0. The lowest BCUT2D eigenvalue weighted by molar-refractivity contribution is 0.561. The van der Waals surface area contributed by atoms with Gasteiger partial charge in [0, 0.05) is 0 Å². The standard InChI is InChI=1S/C27H38/c1-2-4-6-8-10-12-14-16-18-20-22-24-26-27-25-23-21-19-17-15-13-11-9-7-5-3-1/h1-16H,17-27H2/b3-1-,4-2-,7-5-,8-6-,11-9-,12-10-,15-13-,16-14?. The summed E-state index contributed by atoms with van der Waals surface area (Å²) in [6.07, 6.45) is 48.5. The molecular weight excluding hydrogens is 324 g/mol. The van der Waals surface area contributed by atoms with Gasteiger partial charge in [-0.15, -0.1) is 0 Å². The predicted octanol–water partition coefficient (Wildman–Crippen LogP) is 8.74. The van der Waals surface area contributed by atoms with E-state index in [1.54, 1.807) is 0 Å². The van der Waals surface area contributed by atoms with Crippen molar-refractivity contribution in [2.75, 3.05) is 0 Å². The van der Waals surface area contributed by atoms with Crippen LogP contribution in [0.4, 0.5) is 0 Å². The van der Waals surface area contributed by atoms with Crippen molar-refractivity contribution >= 4 is 0 Å². The molecule has 0 N–H and O–H groups in total. The molecule has 0 bridgehead atoms. The minimum absolute atomic E-state index is 1.20. The summed E-state index contributed by atoms with van der Waals surface area (Å²) in [6, 6.07) is 0. The van der Waals surface area contributed by atoms with Gasteiger partial charge < -0.3 is 0 Å². The maximum atomic E-state index is 2.28. The first-order chi connectivity index (χ1) is 13.5. The van der Waals surface area contributed by atoms with Crippen molar-refractivity contribution in [3.05, 3.63) is 97.2 Å². The monoisotopic (exact) mass is 362 g/mol. The fourth-order valence-corrected chi connectivity index (χ4v) is 2.88. The van der Waals surface area contributed by atoms with Crippen LogP contribution in [0, 0.1) is 0 Å². The zero-order chi connectivity index (χ0) is 19.1. The number of allylic oxidation sites excluding steroid dienone is 16. The fraction of sp³-hybridized carbons (Fsp3) is 0.407. The molecule has 0 saturated heterocycles. The summed E-state index contributed by atoms with van der Waals surface area (Å²) in [4.78, 5) is 0. The predicted molar refractivity (Wildman–Crippen MR) is 124 cm³/mol. The highest BCUT2D eigenvalue weighted by atomic mass is 14.0. The fourth-order valence-electron chi connectivity index (χ4n) is 2.88. The molecule has 0 amide bonds. The van der Waals surface area contributed by atoms with Gasteiger partial charge in [0.2, 0.25) is 0 Å². The van der Waals surface area contributed by atoms with Crippen LogP contribution < -0.4 is 0 Å². The van der Waals surface area contributed by atoms with Gasteiger partial charge in [-0.1, -0.05) is 142 Å². The summed E-state index contributed by atoms with van der Waals surface area (Å²) < 4.78 is 0. The Labute approximate surface area is 168 Å². The van der Waals surface area contributed by atoms with E-state index >= 15 is 0 Å². The second kappa shape index (κ2) is 20.2. The largest absolute Gasteiger partial charge is 0.0845 e. The Kier molecular flexibility index (Phi) is 17.2.